The number of halogens is 1. The van der Waals surface area contributed by atoms with E-state index in [1.165, 1.54) is 27.4 Å². The van der Waals surface area contributed by atoms with Gasteiger partial charge in [0.2, 0.25) is 0 Å². The molecule has 2 aliphatic heterocycles. The molecular weight excluding hydrogens is 508 g/mol. The number of aromatic nitrogens is 3. The minimum absolute atomic E-state index is 0.0909. The molecule has 186 valence electrons. The monoisotopic (exact) mass is 534 g/mol. The number of hydrogen-bond acceptors (Lipinski definition) is 8. The molecule has 0 aliphatic carbocycles. The van der Waals surface area contributed by atoms with Gasteiger partial charge in [-0.1, -0.05) is 11.6 Å². The smallest absolute Gasteiger partial charge is 0.320 e. The number of amides is 2. The maximum absolute atomic E-state index is 13.3. The lowest BCUT2D eigenvalue weighted by Gasteiger charge is -2.32. The molecule has 2 saturated heterocycles. The van der Waals surface area contributed by atoms with E-state index in [4.69, 9.17) is 21.4 Å². The fraction of sp³-hybridized carbons (Fsp3) is 0.478. The number of carbonyl (C=O) groups excluding carboxylic acids is 2. The minimum Gasteiger partial charge on any atom is -0.378 e. The van der Waals surface area contributed by atoms with E-state index in [0.29, 0.717) is 48.7 Å². The SMILES string of the molecule is CN(c1ccc(Cl)s1)c1cc(C2CCCN(C(=O)N3CCOCC3)CC2)nn1C(=O)c1cscn1. The third kappa shape index (κ3) is 5.23. The number of rotatable bonds is 4. The van der Waals surface area contributed by atoms with Crippen LogP contribution in [0.1, 0.15) is 41.4 Å². The molecular formula is C23H27ClN6O3S2. The van der Waals surface area contributed by atoms with Crippen LogP contribution < -0.4 is 4.90 Å². The largest absolute Gasteiger partial charge is 0.378 e. The Morgan fingerprint density at radius 1 is 1.14 bits per heavy atom. The van der Waals surface area contributed by atoms with Crippen LogP contribution in [0, 0.1) is 0 Å². The number of hydrogen-bond donors (Lipinski definition) is 0. The van der Waals surface area contributed by atoms with Gasteiger partial charge in [-0.2, -0.15) is 9.78 Å². The highest BCUT2D eigenvalue weighted by Crippen LogP contribution is 2.36. The standard InChI is InChI=1S/C23H27ClN6O3S2/c1-27(21-5-4-19(24)35-21)20-13-17(26-30(20)22(31)18-14-34-15-25-18)16-3-2-7-28(8-6-16)23(32)29-9-11-33-12-10-29/h4-5,13-16H,2-3,6-12H2,1H3. The summed E-state index contributed by atoms with van der Waals surface area (Å²) in [6.45, 7) is 3.87. The van der Waals surface area contributed by atoms with E-state index in [2.05, 4.69) is 4.98 Å². The van der Waals surface area contributed by atoms with E-state index in [1.807, 2.05) is 39.9 Å². The average Bonchev–Trinajstić information content (AvgIpc) is 3.62. The van der Waals surface area contributed by atoms with Gasteiger partial charge in [-0.25, -0.2) is 9.78 Å². The number of urea groups is 1. The van der Waals surface area contributed by atoms with E-state index < -0.39 is 0 Å². The summed E-state index contributed by atoms with van der Waals surface area (Å²) in [6, 6.07) is 5.85. The Morgan fingerprint density at radius 3 is 2.66 bits per heavy atom. The number of ether oxygens (including phenoxy) is 1. The van der Waals surface area contributed by atoms with Crippen LogP contribution in [0.3, 0.4) is 0 Å². The van der Waals surface area contributed by atoms with Gasteiger partial charge >= 0.3 is 6.03 Å². The molecule has 2 fully saturated rings. The number of anilines is 2. The molecule has 1 atom stereocenters. The Hall–Kier alpha value is -2.47. The summed E-state index contributed by atoms with van der Waals surface area (Å²) in [4.78, 5) is 36.2. The van der Waals surface area contributed by atoms with Crippen LogP contribution in [-0.2, 0) is 4.74 Å². The summed E-state index contributed by atoms with van der Waals surface area (Å²) in [5.41, 5.74) is 2.87. The Labute approximate surface area is 216 Å². The molecule has 0 spiro atoms. The summed E-state index contributed by atoms with van der Waals surface area (Å²) >= 11 is 8.99. The highest BCUT2D eigenvalue weighted by atomic mass is 35.5. The molecule has 3 aromatic rings. The first kappa shape index (κ1) is 24.2. The Balaban J connectivity index is 1.38. The van der Waals surface area contributed by atoms with Crippen LogP contribution in [-0.4, -0.2) is 82.9 Å². The number of carbonyl (C=O) groups is 2. The van der Waals surface area contributed by atoms with Crippen LogP contribution in [0.2, 0.25) is 4.34 Å². The van der Waals surface area contributed by atoms with Crippen LogP contribution in [0.25, 0.3) is 0 Å². The van der Waals surface area contributed by atoms with Crippen LogP contribution in [0.15, 0.2) is 29.1 Å². The Kier molecular flexibility index (Phi) is 7.37. The van der Waals surface area contributed by atoms with Crippen molar-refractivity contribution in [3.05, 3.63) is 44.8 Å². The molecule has 5 heterocycles. The molecule has 0 N–H and O–H groups in total. The third-order valence-electron chi connectivity index (χ3n) is 6.49. The maximum Gasteiger partial charge on any atom is 0.320 e. The normalized spacial score (nSPS) is 19.0. The molecule has 0 radical (unpaired) electrons. The van der Waals surface area contributed by atoms with Crippen molar-refractivity contribution >= 4 is 57.0 Å². The van der Waals surface area contributed by atoms with Gasteiger partial charge in [-0.15, -0.1) is 22.7 Å². The zero-order valence-corrected chi connectivity index (χ0v) is 21.8. The van der Waals surface area contributed by atoms with Crippen molar-refractivity contribution in [2.45, 2.75) is 25.2 Å². The first-order valence-corrected chi connectivity index (χ1v) is 13.8. The van der Waals surface area contributed by atoms with Gasteiger partial charge in [0, 0.05) is 50.6 Å². The second kappa shape index (κ2) is 10.7. The fourth-order valence-electron chi connectivity index (χ4n) is 4.54. The molecule has 0 saturated carbocycles. The van der Waals surface area contributed by atoms with Crippen molar-refractivity contribution in [1.29, 1.82) is 0 Å². The number of thiazole rings is 1. The molecule has 2 aliphatic rings. The number of nitrogens with zero attached hydrogens (tertiary/aromatic N) is 6. The van der Waals surface area contributed by atoms with Crippen molar-refractivity contribution in [2.24, 2.45) is 0 Å². The molecule has 9 nitrogen and oxygen atoms in total. The van der Waals surface area contributed by atoms with Crippen molar-refractivity contribution in [3.63, 3.8) is 0 Å². The predicted molar refractivity (Wildman–Crippen MR) is 137 cm³/mol. The van der Waals surface area contributed by atoms with Crippen LogP contribution >= 0.6 is 34.3 Å². The minimum atomic E-state index is -0.264. The summed E-state index contributed by atoms with van der Waals surface area (Å²) in [7, 11) is 1.91. The van der Waals surface area contributed by atoms with Crippen LogP contribution in [0.4, 0.5) is 15.6 Å². The highest BCUT2D eigenvalue weighted by molar-refractivity contribution is 7.20. The molecule has 0 aromatic carbocycles. The van der Waals surface area contributed by atoms with E-state index in [9.17, 15) is 9.59 Å². The third-order valence-corrected chi connectivity index (χ3v) is 8.38. The predicted octanol–water partition coefficient (Wildman–Crippen LogP) is 4.53. The van der Waals surface area contributed by atoms with Gasteiger partial charge in [0.15, 0.2) is 0 Å². The summed E-state index contributed by atoms with van der Waals surface area (Å²) in [5, 5.41) is 7.42. The number of thiophene rings is 1. The average molecular weight is 535 g/mol. The lowest BCUT2D eigenvalue weighted by atomic mass is 9.97. The topological polar surface area (TPSA) is 83.8 Å². The summed E-state index contributed by atoms with van der Waals surface area (Å²) in [5.74, 6) is 0.558. The zero-order chi connectivity index (χ0) is 24.4. The molecule has 2 amide bonds. The second-order valence-corrected chi connectivity index (χ2v) is 11.1. The van der Waals surface area contributed by atoms with Gasteiger partial charge in [-0.05, 0) is 31.4 Å². The molecule has 12 heteroatoms. The van der Waals surface area contributed by atoms with E-state index in [-0.39, 0.29) is 17.9 Å². The Bertz CT molecular complexity index is 1170. The van der Waals surface area contributed by atoms with Crippen LogP contribution in [0.5, 0.6) is 0 Å². The molecule has 0 bridgehead atoms. The fourth-order valence-corrected chi connectivity index (χ4v) is 6.07. The van der Waals surface area contributed by atoms with Gasteiger partial charge < -0.3 is 19.4 Å². The molecule has 35 heavy (non-hydrogen) atoms. The second-order valence-electron chi connectivity index (χ2n) is 8.65. The van der Waals surface area contributed by atoms with Gasteiger partial charge in [-0.3, -0.25) is 4.79 Å². The summed E-state index contributed by atoms with van der Waals surface area (Å²) < 4.78 is 7.51. The van der Waals surface area contributed by atoms with Gasteiger partial charge in [0.25, 0.3) is 5.91 Å². The van der Waals surface area contributed by atoms with Crippen molar-refractivity contribution in [1.82, 2.24) is 24.6 Å². The summed E-state index contributed by atoms with van der Waals surface area (Å²) in [6.07, 6.45) is 2.59. The first-order chi connectivity index (χ1) is 17.0. The van der Waals surface area contributed by atoms with Crippen molar-refractivity contribution in [3.8, 4) is 0 Å². The number of likely N-dealkylation sites (tertiary alicyclic amines) is 1. The van der Waals surface area contributed by atoms with Gasteiger partial charge in [0.05, 0.1) is 33.8 Å². The maximum atomic E-state index is 13.3. The van der Waals surface area contributed by atoms with E-state index >= 15 is 0 Å². The quantitative estimate of drug-likeness (QED) is 0.489. The highest BCUT2D eigenvalue weighted by Gasteiger charge is 2.29. The molecule has 3 aromatic heterocycles. The molecule has 5 rings (SSSR count). The Morgan fingerprint density at radius 2 is 1.94 bits per heavy atom. The lowest BCUT2D eigenvalue weighted by Crippen LogP contribution is -2.48. The van der Waals surface area contributed by atoms with E-state index in [1.54, 1.807) is 10.9 Å². The molecule has 1 unspecified atom stereocenters. The van der Waals surface area contributed by atoms with Gasteiger partial charge in [0.1, 0.15) is 11.5 Å². The zero-order valence-electron chi connectivity index (χ0n) is 19.4. The lowest BCUT2D eigenvalue weighted by molar-refractivity contribution is 0.0435. The van der Waals surface area contributed by atoms with Crippen molar-refractivity contribution in [2.75, 3.05) is 51.3 Å². The first-order valence-electron chi connectivity index (χ1n) is 11.6. The van der Waals surface area contributed by atoms with E-state index in [0.717, 1.165) is 36.5 Å². The number of morpholine rings is 1. The van der Waals surface area contributed by atoms with Crippen molar-refractivity contribution < 1.29 is 14.3 Å².